The van der Waals surface area contributed by atoms with E-state index in [-0.39, 0.29) is 5.91 Å². The van der Waals surface area contributed by atoms with Gasteiger partial charge in [0.25, 0.3) is 0 Å². The van der Waals surface area contributed by atoms with Crippen LogP contribution < -0.4 is 11.1 Å². The summed E-state index contributed by atoms with van der Waals surface area (Å²) >= 11 is 0. The first-order valence-electron chi connectivity index (χ1n) is 6.39. The van der Waals surface area contributed by atoms with Crippen LogP contribution in [0.4, 0.5) is 0 Å². The zero-order valence-electron chi connectivity index (χ0n) is 10.7. The number of amides is 1. The predicted octanol–water partition coefficient (Wildman–Crippen LogP) is 1.44. The van der Waals surface area contributed by atoms with Gasteiger partial charge in [-0.3, -0.25) is 4.79 Å². The fourth-order valence-electron chi connectivity index (χ4n) is 2.28. The van der Waals surface area contributed by atoms with Gasteiger partial charge in [-0.1, -0.05) is 12.1 Å². The third kappa shape index (κ3) is 3.55. The average Bonchev–Trinajstić information content (AvgIpc) is 2.37. The number of nitrogens with two attached hydrogens (primary N) is 1. The second-order valence-electron chi connectivity index (χ2n) is 4.85. The Kier molecular flexibility index (Phi) is 4.33. The van der Waals surface area contributed by atoms with Crippen molar-refractivity contribution in [3.8, 4) is 0 Å². The Morgan fingerprint density at radius 3 is 3.11 bits per heavy atom. The lowest BCUT2D eigenvalue weighted by atomic mass is 10.0. The van der Waals surface area contributed by atoms with E-state index in [4.69, 9.17) is 10.5 Å². The first-order chi connectivity index (χ1) is 8.65. The van der Waals surface area contributed by atoms with Crippen molar-refractivity contribution < 1.29 is 9.53 Å². The predicted molar refractivity (Wildman–Crippen MR) is 70.2 cm³/mol. The lowest BCUT2D eigenvalue weighted by molar-refractivity contribution is 0.0130. The number of carbonyl (C=O) groups excluding carboxylic acids is 1. The fraction of sp³-hybridized carbons (Fsp3) is 0.500. The summed E-state index contributed by atoms with van der Waals surface area (Å²) in [6.07, 6.45) is 2.41. The Labute approximate surface area is 108 Å². The van der Waals surface area contributed by atoms with E-state index in [2.05, 4.69) is 12.2 Å². The molecule has 0 aromatic heterocycles. The minimum Gasteiger partial charge on any atom is -0.378 e. The standard InChI is InChI=1S/C14H20N2O2/c1-10-7-13(5-6-18-10)16-9-11-3-2-4-12(8-11)14(15)17/h2-4,8,10,13,16H,5-7,9H2,1H3,(H2,15,17). The zero-order valence-corrected chi connectivity index (χ0v) is 10.7. The Morgan fingerprint density at radius 2 is 2.39 bits per heavy atom. The second kappa shape index (κ2) is 5.98. The molecule has 2 atom stereocenters. The van der Waals surface area contributed by atoms with Crippen molar-refractivity contribution in [2.24, 2.45) is 5.73 Å². The van der Waals surface area contributed by atoms with Crippen LogP contribution in [-0.2, 0) is 11.3 Å². The Bertz CT molecular complexity index is 420. The summed E-state index contributed by atoms with van der Waals surface area (Å²) in [7, 11) is 0. The van der Waals surface area contributed by atoms with Gasteiger partial charge in [-0.15, -0.1) is 0 Å². The molecule has 1 aromatic carbocycles. The third-order valence-corrected chi connectivity index (χ3v) is 3.29. The second-order valence-corrected chi connectivity index (χ2v) is 4.85. The van der Waals surface area contributed by atoms with Crippen molar-refractivity contribution in [1.82, 2.24) is 5.32 Å². The number of rotatable bonds is 4. The monoisotopic (exact) mass is 248 g/mol. The van der Waals surface area contributed by atoms with E-state index >= 15 is 0 Å². The fourth-order valence-corrected chi connectivity index (χ4v) is 2.28. The van der Waals surface area contributed by atoms with Crippen LogP contribution in [0.25, 0.3) is 0 Å². The maximum Gasteiger partial charge on any atom is 0.248 e. The molecule has 1 aromatic rings. The number of carbonyl (C=O) groups is 1. The van der Waals surface area contributed by atoms with Gasteiger partial charge in [0.15, 0.2) is 0 Å². The number of benzene rings is 1. The number of ether oxygens (including phenoxy) is 1. The van der Waals surface area contributed by atoms with Gasteiger partial charge in [-0.25, -0.2) is 0 Å². The first kappa shape index (κ1) is 13.1. The highest BCUT2D eigenvalue weighted by Gasteiger charge is 2.18. The molecule has 4 nitrogen and oxygen atoms in total. The quantitative estimate of drug-likeness (QED) is 0.847. The zero-order chi connectivity index (χ0) is 13.0. The van der Waals surface area contributed by atoms with E-state index < -0.39 is 0 Å². The number of primary amides is 1. The van der Waals surface area contributed by atoms with Crippen molar-refractivity contribution in [3.05, 3.63) is 35.4 Å². The molecule has 0 aliphatic carbocycles. The molecule has 1 aliphatic rings. The molecule has 1 fully saturated rings. The highest BCUT2D eigenvalue weighted by Crippen LogP contribution is 2.14. The molecule has 0 bridgehead atoms. The maximum atomic E-state index is 11.1. The van der Waals surface area contributed by atoms with Crippen LogP contribution in [0.3, 0.4) is 0 Å². The summed E-state index contributed by atoms with van der Waals surface area (Å²) in [6.45, 7) is 3.68. The lowest BCUT2D eigenvalue weighted by Gasteiger charge is -2.28. The largest absolute Gasteiger partial charge is 0.378 e. The third-order valence-electron chi connectivity index (χ3n) is 3.29. The summed E-state index contributed by atoms with van der Waals surface area (Å²) in [6, 6.07) is 7.94. The molecule has 2 rings (SSSR count). The topological polar surface area (TPSA) is 64.3 Å². The highest BCUT2D eigenvalue weighted by atomic mass is 16.5. The molecular formula is C14H20N2O2. The molecule has 0 spiro atoms. The van der Waals surface area contributed by atoms with Crippen molar-refractivity contribution in [3.63, 3.8) is 0 Å². The number of hydrogen-bond donors (Lipinski definition) is 2. The highest BCUT2D eigenvalue weighted by molar-refractivity contribution is 5.92. The van der Waals surface area contributed by atoms with Gasteiger partial charge < -0.3 is 15.8 Å². The van der Waals surface area contributed by atoms with Crippen molar-refractivity contribution in [1.29, 1.82) is 0 Å². The van der Waals surface area contributed by atoms with Crippen molar-refractivity contribution in [2.75, 3.05) is 6.61 Å². The van der Waals surface area contributed by atoms with Crippen LogP contribution in [0.5, 0.6) is 0 Å². The minimum atomic E-state index is -0.378. The van der Waals surface area contributed by atoms with E-state index in [1.165, 1.54) is 0 Å². The van der Waals surface area contributed by atoms with Crippen LogP contribution in [0.1, 0.15) is 35.7 Å². The van der Waals surface area contributed by atoms with Gasteiger partial charge in [0, 0.05) is 24.8 Å². The molecule has 0 saturated carbocycles. The minimum absolute atomic E-state index is 0.327. The van der Waals surface area contributed by atoms with Gasteiger partial charge >= 0.3 is 0 Å². The van der Waals surface area contributed by atoms with E-state index in [9.17, 15) is 4.79 Å². The molecule has 1 amide bonds. The van der Waals surface area contributed by atoms with E-state index in [1.807, 2.05) is 18.2 Å². The van der Waals surface area contributed by atoms with Gasteiger partial charge in [-0.05, 0) is 37.5 Å². The molecule has 18 heavy (non-hydrogen) atoms. The molecule has 0 radical (unpaired) electrons. The van der Waals surface area contributed by atoms with E-state index in [1.54, 1.807) is 6.07 Å². The Hall–Kier alpha value is -1.39. The van der Waals surface area contributed by atoms with E-state index in [0.717, 1.165) is 31.6 Å². The maximum absolute atomic E-state index is 11.1. The van der Waals surface area contributed by atoms with Crippen LogP contribution in [0.2, 0.25) is 0 Å². The van der Waals surface area contributed by atoms with Gasteiger partial charge in [-0.2, -0.15) is 0 Å². The molecule has 4 heteroatoms. The number of hydrogen-bond acceptors (Lipinski definition) is 3. The molecule has 1 saturated heterocycles. The van der Waals surface area contributed by atoms with Crippen LogP contribution in [0, 0.1) is 0 Å². The molecule has 3 N–H and O–H groups in total. The number of nitrogens with one attached hydrogen (secondary N) is 1. The Morgan fingerprint density at radius 1 is 1.56 bits per heavy atom. The molecule has 98 valence electrons. The summed E-state index contributed by atoms with van der Waals surface area (Å²) in [5.41, 5.74) is 6.92. The summed E-state index contributed by atoms with van der Waals surface area (Å²) in [5, 5.41) is 3.50. The molecule has 1 aliphatic heterocycles. The van der Waals surface area contributed by atoms with Gasteiger partial charge in [0.05, 0.1) is 6.10 Å². The SMILES string of the molecule is CC1CC(NCc2cccc(C(N)=O)c2)CCO1. The Balaban J connectivity index is 1.89. The molecular weight excluding hydrogens is 228 g/mol. The van der Waals surface area contributed by atoms with Crippen molar-refractivity contribution in [2.45, 2.75) is 38.5 Å². The molecule has 1 heterocycles. The lowest BCUT2D eigenvalue weighted by Crippen LogP contribution is -2.37. The van der Waals surface area contributed by atoms with Crippen LogP contribution in [0.15, 0.2) is 24.3 Å². The summed E-state index contributed by atoms with van der Waals surface area (Å²) in [5.74, 6) is -0.378. The van der Waals surface area contributed by atoms with Gasteiger partial charge in [0.2, 0.25) is 5.91 Å². The molecule has 2 unspecified atom stereocenters. The first-order valence-corrected chi connectivity index (χ1v) is 6.39. The normalized spacial score (nSPS) is 23.8. The summed E-state index contributed by atoms with van der Waals surface area (Å²) < 4.78 is 5.51. The average molecular weight is 248 g/mol. The smallest absolute Gasteiger partial charge is 0.248 e. The van der Waals surface area contributed by atoms with Crippen molar-refractivity contribution >= 4 is 5.91 Å². The van der Waals surface area contributed by atoms with E-state index in [0.29, 0.717) is 17.7 Å². The summed E-state index contributed by atoms with van der Waals surface area (Å²) in [4.78, 5) is 11.1. The van der Waals surface area contributed by atoms with Crippen LogP contribution in [-0.4, -0.2) is 24.7 Å². The van der Waals surface area contributed by atoms with Crippen LogP contribution >= 0.6 is 0 Å². The van der Waals surface area contributed by atoms with Gasteiger partial charge in [0.1, 0.15) is 0 Å².